The second-order valence-electron chi connectivity index (χ2n) is 4.37. The van der Waals surface area contributed by atoms with Crippen LogP contribution < -0.4 is 15.7 Å². The van der Waals surface area contributed by atoms with Gasteiger partial charge in [0.1, 0.15) is 5.75 Å². The molecule has 0 saturated carbocycles. The highest BCUT2D eigenvalue weighted by atomic mass is 16.5. The van der Waals surface area contributed by atoms with E-state index in [4.69, 9.17) is 4.74 Å². The lowest BCUT2D eigenvalue weighted by atomic mass is 10.2. The summed E-state index contributed by atoms with van der Waals surface area (Å²) in [6.07, 6.45) is 5.02. The van der Waals surface area contributed by atoms with Gasteiger partial charge >= 0.3 is 0 Å². The molecule has 0 aliphatic rings. The predicted molar refractivity (Wildman–Crippen MR) is 83.8 cm³/mol. The number of nitrogens with one attached hydrogen (secondary N) is 3. The number of aromatic nitrogens is 2. The van der Waals surface area contributed by atoms with E-state index >= 15 is 0 Å². The summed E-state index contributed by atoms with van der Waals surface area (Å²) in [5.41, 5.74) is 3.51. The Labute approximate surface area is 126 Å². The van der Waals surface area contributed by atoms with Crippen LogP contribution in [0.15, 0.2) is 46.3 Å². The van der Waals surface area contributed by atoms with Gasteiger partial charge in [0.25, 0.3) is 5.56 Å². The van der Waals surface area contributed by atoms with Crippen molar-refractivity contribution in [1.82, 2.24) is 15.6 Å². The van der Waals surface area contributed by atoms with Gasteiger partial charge in [-0.25, -0.2) is 5.43 Å². The fourth-order valence-corrected chi connectivity index (χ4v) is 1.78. The van der Waals surface area contributed by atoms with Crippen molar-refractivity contribution in [1.29, 1.82) is 0 Å². The molecular formula is C15H16N4O3. The number of para-hydroxylation sites is 1. The van der Waals surface area contributed by atoms with Gasteiger partial charge in [-0.05, 0) is 18.2 Å². The largest absolute Gasteiger partial charge is 0.496 e. The summed E-state index contributed by atoms with van der Waals surface area (Å²) in [6, 6.07) is 8.87. The van der Waals surface area contributed by atoms with Crippen LogP contribution in [-0.4, -0.2) is 29.4 Å². The lowest BCUT2D eigenvalue weighted by Crippen LogP contribution is -2.19. The Balaban J connectivity index is 1.83. The van der Waals surface area contributed by atoms with E-state index < -0.39 is 0 Å². The molecule has 0 fully saturated rings. The summed E-state index contributed by atoms with van der Waals surface area (Å²) >= 11 is 0. The number of carbonyl (C=O) groups excluding carboxylic acids is 1. The number of rotatable bonds is 6. The zero-order valence-electron chi connectivity index (χ0n) is 12.0. The minimum Gasteiger partial charge on any atom is -0.496 e. The number of allylic oxidation sites excluding steroid dienone is 1. The van der Waals surface area contributed by atoms with Gasteiger partial charge in [-0.15, -0.1) is 0 Å². The SMILES string of the molecule is COc1ccccc1/C=C/C=N\NC(=O)Cc1cc(=O)[nH][nH]1. The Kier molecular flexibility index (Phi) is 5.31. The number of aromatic amines is 2. The van der Waals surface area contributed by atoms with Crippen LogP contribution >= 0.6 is 0 Å². The standard InChI is InChI=1S/C15H16N4O3/c1-22-13-7-3-2-5-11(13)6-4-8-16-18-14(20)9-12-10-15(21)19-17-12/h2-8,10H,9H2,1H3,(H,18,20)(H2,17,19,21)/b6-4+,16-8-. The lowest BCUT2D eigenvalue weighted by molar-refractivity contribution is -0.120. The molecule has 2 rings (SSSR count). The Morgan fingerprint density at radius 1 is 1.36 bits per heavy atom. The van der Waals surface area contributed by atoms with Crippen molar-refractivity contribution in [2.75, 3.05) is 7.11 Å². The summed E-state index contributed by atoms with van der Waals surface area (Å²) < 4.78 is 5.21. The van der Waals surface area contributed by atoms with Crippen LogP contribution in [0.1, 0.15) is 11.3 Å². The van der Waals surface area contributed by atoms with E-state index in [1.807, 2.05) is 30.3 Å². The van der Waals surface area contributed by atoms with Gasteiger partial charge in [0, 0.05) is 23.5 Å². The van der Waals surface area contributed by atoms with E-state index in [1.165, 1.54) is 12.3 Å². The number of methoxy groups -OCH3 is 1. The minimum atomic E-state index is -0.322. The van der Waals surface area contributed by atoms with E-state index in [0.717, 1.165) is 11.3 Å². The van der Waals surface area contributed by atoms with Crippen LogP contribution in [0.3, 0.4) is 0 Å². The predicted octanol–water partition coefficient (Wildman–Crippen LogP) is 1.07. The summed E-state index contributed by atoms with van der Waals surface area (Å²) in [5, 5.41) is 8.74. The molecule has 2 aromatic rings. The third-order valence-corrected chi connectivity index (χ3v) is 2.77. The molecule has 7 nitrogen and oxygen atoms in total. The highest BCUT2D eigenvalue weighted by Gasteiger charge is 2.03. The number of H-pyrrole nitrogens is 2. The number of hydrazone groups is 1. The molecule has 0 bridgehead atoms. The zero-order valence-corrected chi connectivity index (χ0v) is 12.0. The van der Waals surface area contributed by atoms with Gasteiger partial charge in [0.05, 0.1) is 13.5 Å². The molecule has 22 heavy (non-hydrogen) atoms. The Hall–Kier alpha value is -3.09. The Bertz CT molecular complexity index is 743. The lowest BCUT2D eigenvalue weighted by Gasteiger charge is -2.02. The van der Waals surface area contributed by atoms with Crippen LogP contribution in [-0.2, 0) is 11.2 Å². The topological polar surface area (TPSA) is 99.3 Å². The molecule has 1 aromatic heterocycles. The summed E-state index contributed by atoms with van der Waals surface area (Å²) in [5.74, 6) is 0.435. The fourth-order valence-electron chi connectivity index (χ4n) is 1.78. The number of amides is 1. The monoisotopic (exact) mass is 300 g/mol. The van der Waals surface area contributed by atoms with Gasteiger partial charge < -0.3 is 9.84 Å². The second kappa shape index (κ2) is 7.63. The molecule has 1 aromatic carbocycles. The van der Waals surface area contributed by atoms with Crippen LogP contribution in [0.2, 0.25) is 0 Å². The summed E-state index contributed by atoms with van der Waals surface area (Å²) in [7, 11) is 1.60. The minimum absolute atomic E-state index is 0.0479. The van der Waals surface area contributed by atoms with Gasteiger partial charge in [-0.3, -0.25) is 14.7 Å². The van der Waals surface area contributed by atoms with E-state index in [1.54, 1.807) is 13.2 Å². The molecular weight excluding hydrogens is 284 g/mol. The molecule has 7 heteroatoms. The normalized spacial score (nSPS) is 11.1. The first-order valence-electron chi connectivity index (χ1n) is 6.57. The van der Waals surface area contributed by atoms with Crippen molar-refractivity contribution in [3.05, 3.63) is 58.0 Å². The molecule has 114 valence electrons. The quantitative estimate of drug-likeness (QED) is 0.549. The van der Waals surface area contributed by atoms with Gasteiger partial charge in [0.15, 0.2) is 0 Å². The molecule has 3 N–H and O–H groups in total. The molecule has 0 unspecified atom stereocenters. The number of hydrogen-bond donors (Lipinski definition) is 3. The maximum Gasteiger partial charge on any atom is 0.264 e. The summed E-state index contributed by atoms with van der Waals surface area (Å²) in [6.45, 7) is 0. The van der Waals surface area contributed by atoms with E-state index in [2.05, 4.69) is 20.7 Å². The molecule has 1 amide bonds. The average molecular weight is 300 g/mol. The van der Waals surface area contributed by atoms with Crippen molar-refractivity contribution >= 4 is 18.2 Å². The fraction of sp³-hybridized carbons (Fsp3) is 0.133. The van der Waals surface area contributed by atoms with Crippen molar-refractivity contribution in [2.24, 2.45) is 5.10 Å². The number of hydrogen-bond acceptors (Lipinski definition) is 4. The molecule has 0 atom stereocenters. The third kappa shape index (κ3) is 4.48. The number of carbonyl (C=O) groups is 1. The van der Waals surface area contributed by atoms with Crippen LogP contribution in [0.5, 0.6) is 5.75 Å². The van der Waals surface area contributed by atoms with Crippen molar-refractivity contribution in [2.45, 2.75) is 6.42 Å². The van der Waals surface area contributed by atoms with Gasteiger partial charge in [0.2, 0.25) is 5.91 Å². The van der Waals surface area contributed by atoms with Crippen LogP contribution in [0.4, 0.5) is 0 Å². The second-order valence-corrected chi connectivity index (χ2v) is 4.37. The van der Waals surface area contributed by atoms with Crippen molar-refractivity contribution in [3.63, 3.8) is 0 Å². The summed E-state index contributed by atoms with van der Waals surface area (Å²) in [4.78, 5) is 22.4. The smallest absolute Gasteiger partial charge is 0.264 e. The zero-order chi connectivity index (χ0) is 15.8. The highest BCUT2D eigenvalue weighted by molar-refractivity contribution is 5.82. The molecule has 0 saturated heterocycles. The first-order chi connectivity index (χ1) is 10.7. The average Bonchev–Trinajstić information content (AvgIpc) is 2.92. The molecule has 0 radical (unpaired) electrons. The number of nitrogens with zero attached hydrogens (tertiary/aromatic N) is 1. The highest BCUT2D eigenvalue weighted by Crippen LogP contribution is 2.18. The Morgan fingerprint density at radius 3 is 2.91 bits per heavy atom. The third-order valence-electron chi connectivity index (χ3n) is 2.77. The Morgan fingerprint density at radius 2 is 2.18 bits per heavy atom. The van der Waals surface area contributed by atoms with E-state index in [0.29, 0.717) is 5.69 Å². The molecule has 0 aliphatic carbocycles. The molecule has 1 heterocycles. The van der Waals surface area contributed by atoms with Crippen molar-refractivity contribution < 1.29 is 9.53 Å². The van der Waals surface area contributed by atoms with Crippen LogP contribution in [0, 0.1) is 0 Å². The van der Waals surface area contributed by atoms with Crippen LogP contribution in [0.25, 0.3) is 6.08 Å². The maximum atomic E-state index is 11.6. The van der Waals surface area contributed by atoms with Crippen molar-refractivity contribution in [3.8, 4) is 5.75 Å². The van der Waals surface area contributed by atoms with Gasteiger partial charge in [-0.2, -0.15) is 5.10 Å². The van der Waals surface area contributed by atoms with E-state index in [9.17, 15) is 9.59 Å². The van der Waals surface area contributed by atoms with Gasteiger partial charge in [-0.1, -0.05) is 18.2 Å². The first kappa shape index (κ1) is 15.3. The first-order valence-corrected chi connectivity index (χ1v) is 6.57. The number of ether oxygens (including phenoxy) is 1. The molecule has 0 aliphatic heterocycles. The molecule has 0 spiro atoms. The van der Waals surface area contributed by atoms with E-state index in [-0.39, 0.29) is 17.9 Å². The maximum absolute atomic E-state index is 11.6. The number of benzene rings is 1.